The second-order valence-corrected chi connectivity index (χ2v) is 2.35. The van der Waals surface area contributed by atoms with Crippen molar-refractivity contribution in [3.63, 3.8) is 0 Å². The summed E-state index contributed by atoms with van der Waals surface area (Å²) in [6, 6.07) is -0.0772. The predicted molar refractivity (Wildman–Crippen MR) is 39.7 cm³/mol. The highest BCUT2D eigenvalue weighted by molar-refractivity contribution is 5.71. The maximum absolute atomic E-state index is 10.6. The highest BCUT2D eigenvalue weighted by Crippen LogP contribution is 1.97. The first-order chi connectivity index (χ1) is 5.11. The SMILES string of the molecule is COC(=O)CN(N=O)C(C)C. The molecule has 0 aromatic carbocycles. The van der Waals surface area contributed by atoms with Gasteiger partial charge in [-0.3, -0.25) is 4.79 Å². The zero-order valence-corrected chi connectivity index (χ0v) is 6.90. The van der Waals surface area contributed by atoms with Crippen LogP contribution in [0.1, 0.15) is 13.8 Å². The van der Waals surface area contributed by atoms with Crippen LogP contribution in [0.3, 0.4) is 0 Å². The molecular weight excluding hydrogens is 148 g/mol. The highest BCUT2D eigenvalue weighted by Gasteiger charge is 2.12. The number of ether oxygens (including phenoxy) is 1. The Hall–Kier alpha value is -1.13. The van der Waals surface area contributed by atoms with Crippen LogP contribution in [-0.4, -0.2) is 30.7 Å². The van der Waals surface area contributed by atoms with E-state index in [0.717, 1.165) is 5.01 Å². The number of nitroso groups, excluding NO2 is 1. The largest absolute Gasteiger partial charge is 0.468 e. The topological polar surface area (TPSA) is 59.0 Å². The molecule has 0 fully saturated rings. The van der Waals surface area contributed by atoms with Crippen molar-refractivity contribution in [3.05, 3.63) is 4.91 Å². The predicted octanol–water partition coefficient (Wildman–Crippen LogP) is 0.551. The Balaban J connectivity index is 3.87. The van der Waals surface area contributed by atoms with Crippen LogP contribution < -0.4 is 0 Å². The van der Waals surface area contributed by atoms with Crippen LogP contribution in [0.15, 0.2) is 5.29 Å². The second-order valence-electron chi connectivity index (χ2n) is 2.35. The third kappa shape index (κ3) is 3.54. The van der Waals surface area contributed by atoms with Crippen molar-refractivity contribution in [2.75, 3.05) is 13.7 Å². The molecule has 0 spiro atoms. The third-order valence-corrected chi connectivity index (χ3v) is 1.22. The summed E-state index contributed by atoms with van der Waals surface area (Å²) >= 11 is 0. The van der Waals surface area contributed by atoms with Gasteiger partial charge < -0.3 is 4.74 Å². The van der Waals surface area contributed by atoms with Gasteiger partial charge in [0.05, 0.1) is 12.4 Å². The van der Waals surface area contributed by atoms with E-state index in [-0.39, 0.29) is 12.6 Å². The van der Waals surface area contributed by atoms with E-state index in [9.17, 15) is 9.70 Å². The molecule has 0 saturated carbocycles. The molecule has 64 valence electrons. The van der Waals surface area contributed by atoms with Gasteiger partial charge in [-0.15, -0.1) is 4.91 Å². The number of carbonyl (C=O) groups is 1. The van der Waals surface area contributed by atoms with Gasteiger partial charge in [-0.2, -0.15) is 0 Å². The van der Waals surface area contributed by atoms with Gasteiger partial charge in [-0.05, 0) is 13.8 Å². The van der Waals surface area contributed by atoms with E-state index < -0.39 is 5.97 Å². The summed E-state index contributed by atoms with van der Waals surface area (Å²) in [7, 11) is 1.27. The van der Waals surface area contributed by atoms with Crippen molar-refractivity contribution in [2.45, 2.75) is 19.9 Å². The molecule has 0 rings (SSSR count). The lowest BCUT2D eigenvalue weighted by Crippen LogP contribution is -2.31. The van der Waals surface area contributed by atoms with E-state index in [1.807, 2.05) is 0 Å². The molecule has 5 heteroatoms. The van der Waals surface area contributed by atoms with Crippen LogP contribution in [0.25, 0.3) is 0 Å². The molecule has 0 unspecified atom stereocenters. The summed E-state index contributed by atoms with van der Waals surface area (Å²) in [4.78, 5) is 20.7. The fraction of sp³-hybridized carbons (Fsp3) is 0.833. The molecule has 0 aromatic rings. The summed E-state index contributed by atoms with van der Waals surface area (Å²) in [5.41, 5.74) is 0. The van der Waals surface area contributed by atoms with E-state index >= 15 is 0 Å². The van der Waals surface area contributed by atoms with Gasteiger partial charge in [0.2, 0.25) is 0 Å². The Morgan fingerprint density at radius 2 is 2.18 bits per heavy atom. The van der Waals surface area contributed by atoms with E-state index in [1.165, 1.54) is 7.11 Å². The van der Waals surface area contributed by atoms with Crippen molar-refractivity contribution in [3.8, 4) is 0 Å². The van der Waals surface area contributed by atoms with Crippen molar-refractivity contribution < 1.29 is 9.53 Å². The number of nitrogens with zero attached hydrogens (tertiary/aromatic N) is 2. The van der Waals surface area contributed by atoms with Gasteiger partial charge in [0, 0.05) is 6.04 Å². The molecule has 0 N–H and O–H groups in total. The fourth-order valence-corrected chi connectivity index (χ4v) is 0.503. The quantitative estimate of drug-likeness (QED) is 0.342. The lowest BCUT2D eigenvalue weighted by Gasteiger charge is -2.16. The molecule has 0 radical (unpaired) electrons. The maximum atomic E-state index is 10.6. The minimum atomic E-state index is -0.460. The molecule has 0 aliphatic rings. The second kappa shape index (κ2) is 4.65. The molecule has 0 bridgehead atoms. The average molecular weight is 160 g/mol. The number of rotatable bonds is 4. The lowest BCUT2D eigenvalue weighted by molar-refractivity contribution is -0.142. The minimum Gasteiger partial charge on any atom is -0.468 e. The molecule has 0 saturated heterocycles. The third-order valence-electron chi connectivity index (χ3n) is 1.22. The van der Waals surface area contributed by atoms with Crippen molar-refractivity contribution >= 4 is 5.97 Å². The molecule has 0 aliphatic carbocycles. The summed E-state index contributed by atoms with van der Waals surface area (Å²) in [5.74, 6) is -0.460. The van der Waals surface area contributed by atoms with Gasteiger partial charge in [0.25, 0.3) is 0 Å². The van der Waals surface area contributed by atoms with Crippen molar-refractivity contribution in [1.82, 2.24) is 5.01 Å². The molecule has 5 nitrogen and oxygen atoms in total. The monoisotopic (exact) mass is 160 g/mol. The Kier molecular flexibility index (Phi) is 4.17. The Morgan fingerprint density at radius 3 is 2.45 bits per heavy atom. The van der Waals surface area contributed by atoms with Crippen LogP contribution in [0.2, 0.25) is 0 Å². The molecular formula is C6H12N2O3. The standard InChI is InChI=1S/C6H12N2O3/c1-5(2)8(7-10)4-6(9)11-3/h5H,4H2,1-3H3. The van der Waals surface area contributed by atoms with Gasteiger partial charge >= 0.3 is 5.97 Å². The zero-order chi connectivity index (χ0) is 8.85. The number of esters is 1. The maximum Gasteiger partial charge on any atom is 0.327 e. The van der Waals surface area contributed by atoms with Crippen LogP contribution in [-0.2, 0) is 9.53 Å². The van der Waals surface area contributed by atoms with Gasteiger partial charge in [-0.25, -0.2) is 5.01 Å². The normalized spacial score (nSPS) is 9.45. The van der Waals surface area contributed by atoms with Gasteiger partial charge in [-0.1, -0.05) is 0 Å². The first kappa shape index (κ1) is 9.87. The zero-order valence-electron chi connectivity index (χ0n) is 6.90. The van der Waals surface area contributed by atoms with E-state index in [2.05, 4.69) is 10.0 Å². The van der Waals surface area contributed by atoms with E-state index in [1.54, 1.807) is 13.8 Å². The van der Waals surface area contributed by atoms with Crippen LogP contribution in [0.4, 0.5) is 0 Å². The molecule has 0 heterocycles. The Morgan fingerprint density at radius 1 is 1.64 bits per heavy atom. The Labute approximate surface area is 65.3 Å². The highest BCUT2D eigenvalue weighted by atomic mass is 16.5. The number of hydrogen-bond donors (Lipinski definition) is 0. The molecule has 0 aliphatic heterocycles. The lowest BCUT2D eigenvalue weighted by atomic mass is 10.4. The molecule has 0 amide bonds. The summed E-state index contributed by atoms with van der Waals surface area (Å²) < 4.78 is 4.35. The van der Waals surface area contributed by atoms with Crippen molar-refractivity contribution in [1.29, 1.82) is 0 Å². The molecule has 11 heavy (non-hydrogen) atoms. The minimum absolute atomic E-state index is 0.0772. The first-order valence-corrected chi connectivity index (χ1v) is 3.28. The van der Waals surface area contributed by atoms with Gasteiger partial charge in [0.15, 0.2) is 0 Å². The smallest absolute Gasteiger partial charge is 0.327 e. The number of hydrogen-bond acceptors (Lipinski definition) is 4. The van der Waals surface area contributed by atoms with E-state index in [4.69, 9.17) is 0 Å². The van der Waals surface area contributed by atoms with Gasteiger partial charge in [0.1, 0.15) is 6.54 Å². The fourth-order valence-electron chi connectivity index (χ4n) is 0.503. The summed E-state index contributed by atoms with van der Waals surface area (Å²) in [6.07, 6.45) is 0. The molecule has 0 atom stereocenters. The summed E-state index contributed by atoms with van der Waals surface area (Å²) in [5, 5.41) is 3.77. The Bertz CT molecular complexity index is 147. The molecule has 0 aromatic heterocycles. The van der Waals surface area contributed by atoms with E-state index in [0.29, 0.717) is 0 Å². The average Bonchev–Trinajstić information content (AvgIpc) is 1.99. The number of methoxy groups -OCH3 is 1. The number of carbonyl (C=O) groups excluding carboxylic acids is 1. The summed E-state index contributed by atoms with van der Waals surface area (Å²) in [6.45, 7) is 3.45. The first-order valence-electron chi connectivity index (χ1n) is 3.28. The van der Waals surface area contributed by atoms with Crippen molar-refractivity contribution in [2.24, 2.45) is 5.29 Å². The van der Waals surface area contributed by atoms with Crippen LogP contribution >= 0.6 is 0 Å². The van der Waals surface area contributed by atoms with Crippen LogP contribution in [0, 0.1) is 4.91 Å². The van der Waals surface area contributed by atoms with Crippen LogP contribution in [0.5, 0.6) is 0 Å².